The maximum atomic E-state index is 12.3. The van der Waals surface area contributed by atoms with Crippen LogP contribution < -0.4 is 5.32 Å². The lowest BCUT2D eigenvalue weighted by atomic mass is 9.95. The molecular weight excluding hydrogens is 328 g/mol. The van der Waals surface area contributed by atoms with E-state index >= 15 is 0 Å². The number of aliphatic hydroxyl groups excluding tert-OH is 1. The van der Waals surface area contributed by atoms with Crippen LogP contribution >= 0.6 is 11.3 Å². The Balaban J connectivity index is 2.09. The number of esters is 1. The van der Waals surface area contributed by atoms with Crippen molar-refractivity contribution < 1.29 is 19.4 Å². The number of carbonyl (C=O) groups excluding carboxylic acids is 2. The van der Waals surface area contributed by atoms with Crippen LogP contribution in [-0.2, 0) is 22.4 Å². The van der Waals surface area contributed by atoms with Gasteiger partial charge >= 0.3 is 5.97 Å². The van der Waals surface area contributed by atoms with E-state index in [1.54, 1.807) is 6.92 Å². The Morgan fingerprint density at radius 2 is 2.04 bits per heavy atom. The molecule has 0 aliphatic heterocycles. The summed E-state index contributed by atoms with van der Waals surface area (Å²) in [4.78, 5) is 27.6. The number of hydrogen-bond donors (Lipinski definition) is 2. The zero-order chi connectivity index (χ0) is 17.5. The number of aliphatic hydroxyl groups is 1. The number of rotatable bonds is 8. The summed E-state index contributed by atoms with van der Waals surface area (Å²) >= 11 is 1.50. The summed E-state index contributed by atoms with van der Waals surface area (Å²) < 4.78 is 5.19. The van der Waals surface area contributed by atoms with E-state index in [0.29, 0.717) is 36.7 Å². The standard InChI is InChI=1S/C17H26N2O4S/c1-3-23-17(22)15-12-6-4-5-7-13(12)24-16(15)18-14(21)8-9-19(2)10-11-20/h20H,3-11H2,1-2H3,(H,18,21). The highest BCUT2D eigenvalue weighted by atomic mass is 32.1. The molecule has 0 spiro atoms. The van der Waals surface area contributed by atoms with E-state index in [-0.39, 0.29) is 18.5 Å². The predicted octanol–water partition coefficient (Wildman–Crippen LogP) is 2.06. The van der Waals surface area contributed by atoms with Crippen LogP contribution in [-0.4, -0.2) is 55.2 Å². The van der Waals surface area contributed by atoms with Crippen LogP contribution in [0.4, 0.5) is 5.00 Å². The number of nitrogens with one attached hydrogen (secondary N) is 1. The van der Waals surface area contributed by atoms with Crippen molar-refractivity contribution in [3.63, 3.8) is 0 Å². The van der Waals surface area contributed by atoms with Gasteiger partial charge in [-0.05, 0) is 45.2 Å². The maximum Gasteiger partial charge on any atom is 0.341 e. The molecule has 1 amide bonds. The lowest BCUT2D eigenvalue weighted by Crippen LogP contribution is -2.27. The maximum absolute atomic E-state index is 12.3. The lowest BCUT2D eigenvalue weighted by molar-refractivity contribution is -0.116. The van der Waals surface area contributed by atoms with Crippen LogP contribution in [0.1, 0.15) is 47.0 Å². The molecule has 0 radical (unpaired) electrons. The second kappa shape index (κ2) is 9.15. The fourth-order valence-electron chi connectivity index (χ4n) is 2.84. The summed E-state index contributed by atoms with van der Waals surface area (Å²) in [5.41, 5.74) is 1.60. The van der Waals surface area contributed by atoms with Crippen LogP contribution in [0.3, 0.4) is 0 Å². The summed E-state index contributed by atoms with van der Waals surface area (Å²) in [7, 11) is 1.86. The summed E-state index contributed by atoms with van der Waals surface area (Å²) in [6, 6.07) is 0. The van der Waals surface area contributed by atoms with Crippen molar-refractivity contribution in [3.8, 4) is 0 Å². The lowest BCUT2D eigenvalue weighted by Gasteiger charge is -2.14. The number of ether oxygens (including phenoxy) is 1. The molecule has 0 saturated heterocycles. The van der Waals surface area contributed by atoms with Gasteiger partial charge in [0, 0.05) is 24.4 Å². The summed E-state index contributed by atoms with van der Waals surface area (Å²) in [6.45, 7) is 3.28. The SMILES string of the molecule is CCOC(=O)c1c(NC(=O)CCN(C)CCO)sc2c1CCCC2. The molecule has 1 aromatic rings. The average Bonchev–Trinajstić information content (AvgIpc) is 2.91. The van der Waals surface area contributed by atoms with Crippen molar-refractivity contribution >= 4 is 28.2 Å². The molecule has 0 bridgehead atoms. The first-order chi connectivity index (χ1) is 11.6. The van der Waals surface area contributed by atoms with Crippen molar-refractivity contribution in [3.05, 3.63) is 16.0 Å². The van der Waals surface area contributed by atoms with Gasteiger partial charge in [0.1, 0.15) is 5.00 Å². The Morgan fingerprint density at radius 1 is 1.29 bits per heavy atom. The van der Waals surface area contributed by atoms with Gasteiger partial charge in [0.25, 0.3) is 0 Å². The van der Waals surface area contributed by atoms with Crippen LogP contribution in [0.2, 0.25) is 0 Å². The van der Waals surface area contributed by atoms with Crippen LogP contribution in [0.25, 0.3) is 0 Å². The molecule has 0 aromatic carbocycles. The molecule has 134 valence electrons. The Bertz CT molecular complexity index is 585. The quantitative estimate of drug-likeness (QED) is 0.699. The second-order valence-corrected chi connectivity index (χ2v) is 7.07. The van der Waals surface area contributed by atoms with E-state index < -0.39 is 0 Å². The Morgan fingerprint density at radius 3 is 2.75 bits per heavy atom. The molecule has 1 aromatic heterocycles. The van der Waals surface area contributed by atoms with E-state index in [1.165, 1.54) is 16.2 Å². The minimum atomic E-state index is -0.343. The molecule has 1 heterocycles. The number of likely N-dealkylation sites (N-methyl/N-ethyl adjacent to an activating group) is 1. The molecule has 0 saturated carbocycles. The molecule has 7 heteroatoms. The summed E-state index contributed by atoms with van der Waals surface area (Å²) in [5.74, 6) is -0.464. The van der Waals surface area contributed by atoms with Crippen molar-refractivity contribution in [2.24, 2.45) is 0 Å². The molecule has 2 N–H and O–H groups in total. The van der Waals surface area contributed by atoms with E-state index in [4.69, 9.17) is 9.84 Å². The van der Waals surface area contributed by atoms with Gasteiger partial charge in [0.2, 0.25) is 5.91 Å². The number of hydrogen-bond acceptors (Lipinski definition) is 6. The molecule has 0 atom stereocenters. The number of aryl methyl sites for hydroxylation is 1. The molecule has 1 aliphatic carbocycles. The topological polar surface area (TPSA) is 78.9 Å². The van der Waals surface area contributed by atoms with Crippen molar-refractivity contribution in [1.29, 1.82) is 0 Å². The number of carbonyl (C=O) groups is 2. The molecule has 1 aliphatic rings. The van der Waals surface area contributed by atoms with Gasteiger partial charge in [-0.2, -0.15) is 0 Å². The third-order valence-electron chi connectivity index (χ3n) is 4.11. The second-order valence-electron chi connectivity index (χ2n) is 5.96. The molecule has 24 heavy (non-hydrogen) atoms. The number of anilines is 1. The Labute approximate surface area is 146 Å². The fourth-order valence-corrected chi connectivity index (χ4v) is 4.13. The van der Waals surface area contributed by atoms with Gasteiger partial charge in [-0.3, -0.25) is 4.79 Å². The van der Waals surface area contributed by atoms with E-state index in [0.717, 1.165) is 31.2 Å². The Hall–Kier alpha value is -1.44. The molecular formula is C17H26N2O4S. The van der Waals surface area contributed by atoms with Gasteiger partial charge in [0.05, 0.1) is 18.8 Å². The smallest absolute Gasteiger partial charge is 0.341 e. The van der Waals surface area contributed by atoms with Gasteiger partial charge < -0.3 is 20.1 Å². The minimum Gasteiger partial charge on any atom is -0.462 e. The minimum absolute atomic E-state index is 0.0722. The normalized spacial score (nSPS) is 13.7. The van der Waals surface area contributed by atoms with Gasteiger partial charge in [-0.25, -0.2) is 4.79 Å². The van der Waals surface area contributed by atoms with Crippen molar-refractivity contribution in [1.82, 2.24) is 4.90 Å². The predicted molar refractivity (Wildman–Crippen MR) is 94.7 cm³/mol. The van der Waals surface area contributed by atoms with Crippen LogP contribution in [0.5, 0.6) is 0 Å². The molecule has 6 nitrogen and oxygen atoms in total. The van der Waals surface area contributed by atoms with E-state index in [9.17, 15) is 9.59 Å². The number of fused-ring (bicyclic) bond motifs is 1. The number of thiophene rings is 1. The van der Waals surface area contributed by atoms with Gasteiger partial charge in [0.15, 0.2) is 0 Å². The number of nitrogens with zero attached hydrogens (tertiary/aromatic N) is 1. The van der Waals surface area contributed by atoms with E-state index in [2.05, 4.69) is 5.32 Å². The first kappa shape index (κ1) is 18.9. The monoisotopic (exact) mass is 354 g/mol. The highest BCUT2D eigenvalue weighted by Gasteiger charge is 2.27. The third kappa shape index (κ3) is 4.78. The zero-order valence-corrected chi connectivity index (χ0v) is 15.2. The van der Waals surface area contributed by atoms with Gasteiger partial charge in [-0.1, -0.05) is 0 Å². The number of amides is 1. The average molecular weight is 354 g/mol. The van der Waals surface area contributed by atoms with Crippen LogP contribution in [0, 0.1) is 0 Å². The Kier molecular flexibility index (Phi) is 7.20. The zero-order valence-electron chi connectivity index (χ0n) is 14.4. The highest BCUT2D eigenvalue weighted by molar-refractivity contribution is 7.17. The fraction of sp³-hybridized carbons (Fsp3) is 0.647. The van der Waals surface area contributed by atoms with Crippen molar-refractivity contribution in [2.75, 3.05) is 38.7 Å². The summed E-state index contributed by atoms with van der Waals surface area (Å²) in [6.07, 6.45) is 4.34. The van der Waals surface area contributed by atoms with Crippen molar-refractivity contribution in [2.45, 2.75) is 39.0 Å². The summed E-state index contributed by atoms with van der Waals surface area (Å²) in [5, 5.41) is 12.4. The van der Waals surface area contributed by atoms with Gasteiger partial charge in [-0.15, -0.1) is 11.3 Å². The highest BCUT2D eigenvalue weighted by Crippen LogP contribution is 2.38. The van der Waals surface area contributed by atoms with Crippen LogP contribution in [0.15, 0.2) is 0 Å². The largest absolute Gasteiger partial charge is 0.462 e. The molecule has 0 fully saturated rings. The molecule has 2 rings (SSSR count). The first-order valence-corrected chi connectivity index (χ1v) is 9.29. The third-order valence-corrected chi connectivity index (χ3v) is 5.31. The van der Waals surface area contributed by atoms with E-state index in [1.807, 2.05) is 11.9 Å². The molecule has 0 unspecified atom stereocenters. The first-order valence-electron chi connectivity index (χ1n) is 8.47.